The molecule has 59 heavy (non-hydrogen) atoms. The smallest absolute Gasteiger partial charge is 0.423 e. The van der Waals surface area contributed by atoms with Gasteiger partial charge in [-0.15, -0.1) is 34.0 Å². The lowest BCUT2D eigenvalue weighted by molar-refractivity contribution is 0.426. The van der Waals surface area contributed by atoms with Gasteiger partial charge in [-0.25, -0.2) is 0 Å². The van der Waals surface area contributed by atoms with E-state index in [4.69, 9.17) is 10.0 Å². The van der Waals surface area contributed by atoms with Crippen LogP contribution in [0, 0.1) is 15.4 Å². The number of fused-ring (bicyclic) bond motifs is 7. The molecule has 0 unspecified atom stereocenters. The van der Waals surface area contributed by atoms with E-state index in [2.05, 4.69) is 161 Å². The molecule has 2 N–H and O–H groups in total. The van der Waals surface area contributed by atoms with Crippen LogP contribution >= 0.6 is 56.6 Å². The molecule has 11 aromatic rings. The van der Waals surface area contributed by atoms with Gasteiger partial charge in [0.1, 0.15) is 0 Å². The van der Waals surface area contributed by atoms with Gasteiger partial charge in [-0.05, 0) is 97.0 Å². The van der Waals surface area contributed by atoms with Crippen molar-refractivity contribution in [2.24, 2.45) is 0 Å². The van der Waals surface area contributed by atoms with Crippen LogP contribution < -0.4 is 5.46 Å². The maximum atomic E-state index is 8.97. The summed E-state index contributed by atoms with van der Waals surface area (Å²) in [6.07, 6.45) is 0. The number of rotatable bonds is 3. The van der Waals surface area contributed by atoms with E-state index in [-0.39, 0.29) is 0 Å². The predicted octanol–water partition coefficient (Wildman–Crippen LogP) is 14.0. The third-order valence-electron chi connectivity index (χ3n) is 10.1. The Kier molecular flexibility index (Phi) is 11.7. The standard InChI is InChI=1S/C22H13IS.C22H14S.C8H7BO2S/c23-21-16-11-5-4-10-15(16)20-17-12-6-7-13-18(17)24-22(20)19(21)14-8-2-1-3-9-14;1-2-8-17(9-3-1)14-15-18-10-4-5-11-19(18)21-16-23-22-13-7-6-12-20(21)22;10-9(11)7-5-12-8-4-2-1-3-6(7)8/h1-13H;1-13,16H;1-5,10-11H. The van der Waals surface area contributed by atoms with Crippen LogP contribution in [0.15, 0.2) is 193 Å². The molecular formula is C52H34BIO2S3. The summed E-state index contributed by atoms with van der Waals surface area (Å²) in [5.74, 6) is 6.60. The van der Waals surface area contributed by atoms with Gasteiger partial charge >= 0.3 is 7.12 Å². The van der Waals surface area contributed by atoms with Gasteiger partial charge in [0, 0.05) is 66.2 Å². The van der Waals surface area contributed by atoms with Crippen molar-refractivity contribution in [3.63, 3.8) is 0 Å². The Morgan fingerprint density at radius 2 is 1.00 bits per heavy atom. The lowest BCUT2D eigenvalue weighted by atomic mass is 9.80. The van der Waals surface area contributed by atoms with E-state index in [1.807, 2.05) is 72.0 Å². The van der Waals surface area contributed by atoms with Crippen molar-refractivity contribution in [3.05, 3.63) is 207 Å². The summed E-state index contributed by atoms with van der Waals surface area (Å²) >= 11 is 7.74. The maximum absolute atomic E-state index is 8.97. The number of thiophene rings is 3. The zero-order valence-corrected chi connectivity index (χ0v) is 36.2. The van der Waals surface area contributed by atoms with Crippen molar-refractivity contribution < 1.29 is 10.0 Å². The minimum atomic E-state index is -1.36. The highest BCUT2D eigenvalue weighted by atomic mass is 127. The van der Waals surface area contributed by atoms with Crippen LogP contribution in [0.2, 0.25) is 0 Å². The first-order chi connectivity index (χ1) is 29.0. The topological polar surface area (TPSA) is 40.5 Å². The molecule has 0 aliphatic carbocycles. The molecule has 0 bridgehead atoms. The highest BCUT2D eigenvalue weighted by Crippen LogP contribution is 2.46. The largest absolute Gasteiger partial charge is 0.489 e. The molecule has 8 aromatic carbocycles. The molecule has 11 rings (SSSR count). The molecule has 2 nitrogen and oxygen atoms in total. The van der Waals surface area contributed by atoms with Crippen LogP contribution in [-0.4, -0.2) is 17.2 Å². The monoisotopic (exact) mass is 924 g/mol. The lowest BCUT2D eigenvalue weighted by Gasteiger charge is -2.11. The molecule has 282 valence electrons. The zero-order valence-electron chi connectivity index (χ0n) is 31.5. The fourth-order valence-corrected chi connectivity index (χ4v) is 11.8. The van der Waals surface area contributed by atoms with Crippen molar-refractivity contribution in [1.82, 2.24) is 0 Å². The first-order valence-corrected chi connectivity index (χ1v) is 22.7. The fourth-order valence-electron chi connectivity index (χ4n) is 7.35. The summed E-state index contributed by atoms with van der Waals surface area (Å²) in [6.45, 7) is 0. The Bertz CT molecular complexity index is 3280. The second-order valence-electron chi connectivity index (χ2n) is 13.8. The van der Waals surface area contributed by atoms with Crippen LogP contribution in [0.25, 0.3) is 73.4 Å². The van der Waals surface area contributed by atoms with Crippen LogP contribution in [0.1, 0.15) is 11.1 Å². The molecular weight excluding hydrogens is 890 g/mol. The first-order valence-electron chi connectivity index (χ1n) is 19.1. The maximum Gasteiger partial charge on any atom is 0.489 e. The molecule has 0 spiro atoms. The van der Waals surface area contributed by atoms with Crippen LogP contribution in [0.4, 0.5) is 0 Å². The quantitative estimate of drug-likeness (QED) is 0.105. The number of benzene rings is 8. The fraction of sp³-hybridized carbons (Fsp3) is 0. The summed E-state index contributed by atoms with van der Waals surface area (Å²) < 4.78 is 6.49. The van der Waals surface area contributed by atoms with E-state index in [1.54, 1.807) is 16.7 Å². The third-order valence-corrected chi connectivity index (χ3v) is 14.4. The summed E-state index contributed by atoms with van der Waals surface area (Å²) in [6, 6.07) is 63.0. The molecule has 0 atom stereocenters. The Morgan fingerprint density at radius 3 is 1.73 bits per heavy atom. The number of halogens is 1. The third kappa shape index (κ3) is 8.09. The second-order valence-corrected chi connectivity index (χ2v) is 17.7. The highest BCUT2D eigenvalue weighted by Gasteiger charge is 2.18. The van der Waals surface area contributed by atoms with Gasteiger partial charge in [-0.2, -0.15) is 0 Å². The van der Waals surface area contributed by atoms with E-state index in [0.29, 0.717) is 5.46 Å². The Labute approximate surface area is 369 Å². The Morgan fingerprint density at radius 1 is 0.458 bits per heavy atom. The van der Waals surface area contributed by atoms with E-state index in [0.717, 1.165) is 21.2 Å². The molecule has 7 heteroatoms. The van der Waals surface area contributed by atoms with Gasteiger partial charge in [0.05, 0.1) is 0 Å². The van der Waals surface area contributed by atoms with Gasteiger partial charge in [0.2, 0.25) is 0 Å². The minimum Gasteiger partial charge on any atom is -0.423 e. The summed E-state index contributed by atoms with van der Waals surface area (Å²) in [5.41, 5.74) is 7.83. The van der Waals surface area contributed by atoms with E-state index < -0.39 is 7.12 Å². The van der Waals surface area contributed by atoms with Crippen LogP contribution in [0.3, 0.4) is 0 Å². The van der Waals surface area contributed by atoms with Crippen molar-refractivity contribution in [1.29, 1.82) is 0 Å². The second kappa shape index (κ2) is 17.7. The van der Waals surface area contributed by atoms with Gasteiger partial charge in [-0.3, -0.25) is 0 Å². The SMILES string of the molecule is C(#Cc1ccccc1-c1csc2ccccc12)c1ccccc1.Ic1c(-c2ccccc2)c2sc3ccccc3c2c2ccccc12.OB(O)c1csc2ccccc12. The number of hydrogen-bond donors (Lipinski definition) is 2. The molecule has 0 saturated carbocycles. The Hall–Kier alpha value is -5.57. The minimum absolute atomic E-state index is 0.593. The van der Waals surface area contributed by atoms with Crippen molar-refractivity contribution in [2.75, 3.05) is 0 Å². The van der Waals surface area contributed by atoms with E-state index >= 15 is 0 Å². The summed E-state index contributed by atoms with van der Waals surface area (Å²) in [4.78, 5) is 0. The summed E-state index contributed by atoms with van der Waals surface area (Å²) in [7, 11) is -1.36. The van der Waals surface area contributed by atoms with E-state index in [1.165, 1.54) is 78.2 Å². The molecule has 0 amide bonds. The van der Waals surface area contributed by atoms with Crippen molar-refractivity contribution in [2.45, 2.75) is 0 Å². The van der Waals surface area contributed by atoms with Crippen molar-refractivity contribution >= 4 is 120 Å². The molecule has 0 saturated heterocycles. The average Bonchev–Trinajstić information content (AvgIpc) is 4.03. The van der Waals surface area contributed by atoms with Crippen LogP contribution in [0.5, 0.6) is 0 Å². The average molecular weight is 925 g/mol. The number of hydrogen-bond acceptors (Lipinski definition) is 5. The van der Waals surface area contributed by atoms with Crippen LogP contribution in [-0.2, 0) is 0 Å². The van der Waals surface area contributed by atoms with Gasteiger partial charge in [0.25, 0.3) is 0 Å². The molecule has 0 aliphatic heterocycles. The Balaban J connectivity index is 0.000000121. The van der Waals surface area contributed by atoms with Crippen molar-refractivity contribution in [3.8, 4) is 34.1 Å². The normalized spacial score (nSPS) is 10.8. The molecule has 0 aliphatic rings. The molecule has 3 aromatic heterocycles. The highest BCUT2D eigenvalue weighted by molar-refractivity contribution is 14.1. The van der Waals surface area contributed by atoms with Gasteiger partial charge in [0.15, 0.2) is 0 Å². The molecule has 0 radical (unpaired) electrons. The zero-order chi connectivity index (χ0) is 40.1. The lowest BCUT2D eigenvalue weighted by Crippen LogP contribution is -2.28. The molecule has 0 fully saturated rings. The first kappa shape index (κ1) is 38.9. The van der Waals surface area contributed by atoms with E-state index in [9.17, 15) is 0 Å². The van der Waals surface area contributed by atoms with Gasteiger partial charge < -0.3 is 10.0 Å². The molecule has 3 heterocycles. The summed E-state index contributed by atoms with van der Waals surface area (Å²) in [5, 5.41) is 29.6. The van der Waals surface area contributed by atoms with Gasteiger partial charge in [-0.1, -0.05) is 157 Å². The predicted molar refractivity (Wildman–Crippen MR) is 266 cm³/mol.